The average molecular weight is 259 g/mol. The van der Waals surface area contributed by atoms with Crippen LogP contribution in [0.15, 0.2) is 0 Å². The Bertz CT molecular complexity index is 92.3. The van der Waals surface area contributed by atoms with Gasteiger partial charge in [0.05, 0.1) is 0 Å². The van der Waals surface area contributed by atoms with E-state index >= 15 is 0 Å². The Morgan fingerprint density at radius 1 is 1.15 bits per heavy atom. The first-order chi connectivity index (χ1) is 5.47. The Balaban J connectivity index is -0.000000173. The predicted octanol–water partition coefficient (Wildman–Crippen LogP) is 3.25. The van der Waals surface area contributed by atoms with Gasteiger partial charge in [0.2, 0.25) is 0 Å². The zero-order chi connectivity index (χ0) is 10.1. The molecule has 0 aliphatic rings. The van der Waals surface area contributed by atoms with Crippen molar-refractivity contribution >= 4 is 6.29 Å². The summed E-state index contributed by atoms with van der Waals surface area (Å²) < 4.78 is 0. The predicted molar refractivity (Wildman–Crippen MR) is 54.5 cm³/mol. The molecule has 0 atom stereocenters. The SMILES string of the molecule is CC[C-]=O.[CH2-]C(C(C)C)C(C)C.[Y]. The number of hydrogen-bond donors (Lipinski definition) is 0. The van der Waals surface area contributed by atoms with Gasteiger partial charge in [0.15, 0.2) is 0 Å². The van der Waals surface area contributed by atoms with E-state index in [2.05, 4.69) is 34.6 Å². The first-order valence-corrected chi connectivity index (χ1v) is 4.65. The second-order valence-electron chi connectivity index (χ2n) is 3.65. The molecule has 77 valence electrons. The molecular weight excluding hydrogens is 237 g/mol. The third-order valence-electron chi connectivity index (χ3n) is 1.86. The second-order valence-corrected chi connectivity index (χ2v) is 3.65. The van der Waals surface area contributed by atoms with E-state index in [4.69, 9.17) is 4.79 Å². The molecule has 0 aromatic carbocycles. The fraction of sp³-hybridized carbons (Fsp3) is 0.818. The van der Waals surface area contributed by atoms with Crippen LogP contribution in [0.25, 0.3) is 0 Å². The normalized spacial score (nSPS) is 9.31. The molecule has 0 aliphatic carbocycles. The monoisotopic (exact) mass is 259 g/mol. The van der Waals surface area contributed by atoms with Gasteiger partial charge in [-0.05, 0) is 0 Å². The molecule has 1 nitrogen and oxygen atoms in total. The maximum Gasteiger partial charge on any atom is 0 e. The van der Waals surface area contributed by atoms with Crippen molar-refractivity contribution in [3.05, 3.63) is 6.92 Å². The largest absolute Gasteiger partial charge is 0.542 e. The minimum atomic E-state index is 0. The van der Waals surface area contributed by atoms with Crippen LogP contribution >= 0.6 is 0 Å². The Morgan fingerprint density at radius 2 is 1.38 bits per heavy atom. The quantitative estimate of drug-likeness (QED) is 0.711. The Hall–Kier alpha value is 0.774. The Morgan fingerprint density at radius 3 is 1.38 bits per heavy atom. The summed E-state index contributed by atoms with van der Waals surface area (Å²) in [5.74, 6) is 2.08. The van der Waals surface area contributed by atoms with Gasteiger partial charge in [-0.3, -0.25) is 6.29 Å². The molecule has 0 saturated carbocycles. The van der Waals surface area contributed by atoms with Crippen LogP contribution in [0, 0.1) is 24.7 Å². The van der Waals surface area contributed by atoms with Crippen molar-refractivity contribution in [1.82, 2.24) is 0 Å². The molecule has 2 heteroatoms. The van der Waals surface area contributed by atoms with Gasteiger partial charge in [0.1, 0.15) is 0 Å². The van der Waals surface area contributed by atoms with E-state index in [1.807, 2.05) is 0 Å². The Kier molecular flexibility index (Phi) is 19.0. The summed E-state index contributed by atoms with van der Waals surface area (Å²) in [4.78, 5) is 9.05. The van der Waals surface area contributed by atoms with Crippen molar-refractivity contribution in [2.45, 2.75) is 41.0 Å². The van der Waals surface area contributed by atoms with Crippen LogP contribution in [0.4, 0.5) is 0 Å². The summed E-state index contributed by atoms with van der Waals surface area (Å²) in [5.41, 5.74) is 0. The molecule has 0 fully saturated rings. The summed E-state index contributed by atoms with van der Waals surface area (Å²) >= 11 is 0. The van der Waals surface area contributed by atoms with Gasteiger partial charge in [-0.2, -0.15) is 12.3 Å². The van der Waals surface area contributed by atoms with Crippen LogP contribution in [-0.2, 0) is 37.5 Å². The van der Waals surface area contributed by atoms with Crippen LogP contribution in [-0.4, -0.2) is 6.29 Å². The fourth-order valence-corrected chi connectivity index (χ4v) is 0.770. The van der Waals surface area contributed by atoms with Gasteiger partial charge >= 0.3 is 0 Å². The fourth-order valence-electron chi connectivity index (χ4n) is 0.770. The van der Waals surface area contributed by atoms with Crippen molar-refractivity contribution in [3.8, 4) is 0 Å². The van der Waals surface area contributed by atoms with Gasteiger partial charge in [-0.15, -0.1) is 0 Å². The summed E-state index contributed by atoms with van der Waals surface area (Å²) in [5, 5.41) is 0. The van der Waals surface area contributed by atoms with Crippen molar-refractivity contribution in [3.63, 3.8) is 0 Å². The Labute approximate surface area is 109 Å². The summed E-state index contributed by atoms with van der Waals surface area (Å²) in [6, 6.07) is 0. The smallest absolute Gasteiger partial charge is 0 e. The number of hydrogen-bond acceptors (Lipinski definition) is 1. The second kappa shape index (κ2) is 12.8. The topological polar surface area (TPSA) is 17.1 Å². The van der Waals surface area contributed by atoms with E-state index < -0.39 is 0 Å². The molecule has 0 heterocycles. The summed E-state index contributed by atoms with van der Waals surface area (Å²) in [7, 11) is 0. The van der Waals surface area contributed by atoms with Crippen molar-refractivity contribution in [1.29, 1.82) is 0 Å². The van der Waals surface area contributed by atoms with E-state index in [0.717, 1.165) is 11.8 Å². The van der Waals surface area contributed by atoms with E-state index in [0.29, 0.717) is 12.3 Å². The molecule has 13 heavy (non-hydrogen) atoms. The van der Waals surface area contributed by atoms with Crippen LogP contribution in [0.2, 0.25) is 0 Å². The van der Waals surface area contributed by atoms with Crippen molar-refractivity contribution in [2.75, 3.05) is 0 Å². The minimum absolute atomic E-state index is 0. The van der Waals surface area contributed by atoms with Gasteiger partial charge in [-0.1, -0.05) is 46.5 Å². The average Bonchev–Trinajstić information content (AvgIpc) is 2.03. The molecule has 0 amide bonds. The first kappa shape index (κ1) is 19.4. The zero-order valence-electron chi connectivity index (χ0n) is 9.63. The van der Waals surface area contributed by atoms with Crippen molar-refractivity contribution in [2.24, 2.45) is 17.8 Å². The molecule has 0 rings (SSSR count). The number of rotatable bonds is 3. The molecule has 1 radical (unpaired) electrons. The maximum absolute atomic E-state index is 9.05. The van der Waals surface area contributed by atoms with Crippen LogP contribution in [0.1, 0.15) is 41.0 Å². The molecular formula is C11H22OY-2. The molecule has 0 N–H and O–H groups in total. The molecule has 0 aromatic heterocycles. The van der Waals surface area contributed by atoms with E-state index in [1.54, 1.807) is 13.2 Å². The molecule has 0 spiro atoms. The first-order valence-electron chi connectivity index (χ1n) is 4.65. The number of carbonyl (C=O) groups excluding carboxylic acids is 1. The van der Waals surface area contributed by atoms with Crippen LogP contribution in [0.3, 0.4) is 0 Å². The van der Waals surface area contributed by atoms with E-state index in [1.165, 1.54) is 0 Å². The third kappa shape index (κ3) is 15.5. The zero-order valence-corrected chi connectivity index (χ0v) is 12.5. The van der Waals surface area contributed by atoms with Gasteiger partial charge in [-0.25, -0.2) is 0 Å². The van der Waals surface area contributed by atoms with E-state index in [9.17, 15) is 0 Å². The van der Waals surface area contributed by atoms with Gasteiger partial charge in [0, 0.05) is 32.7 Å². The third-order valence-corrected chi connectivity index (χ3v) is 1.86. The molecule has 0 saturated heterocycles. The molecule has 0 bridgehead atoms. The summed E-state index contributed by atoms with van der Waals surface area (Å²) in [6.45, 7) is 14.7. The van der Waals surface area contributed by atoms with Crippen LogP contribution in [0.5, 0.6) is 0 Å². The standard InChI is InChI=1S/C8H17.C3H5O.Y/c1-6(2)8(5)7(3)4;1-2-3-4;/h6-8H,5H2,1-4H3;2H2,1H3;/q2*-1;. The van der Waals surface area contributed by atoms with Crippen molar-refractivity contribution < 1.29 is 37.5 Å². The van der Waals surface area contributed by atoms with Gasteiger partial charge < -0.3 is 11.7 Å². The maximum atomic E-state index is 9.05. The van der Waals surface area contributed by atoms with Gasteiger partial charge in [0.25, 0.3) is 0 Å². The molecule has 0 unspecified atom stereocenters. The molecule has 0 aromatic rings. The summed E-state index contributed by atoms with van der Waals surface area (Å²) in [6.07, 6.45) is 2.19. The molecule has 0 aliphatic heterocycles. The van der Waals surface area contributed by atoms with Crippen LogP contribution < -0.4 is 0 Å². The van der Waals surface area contributed by atoms with E-state index in [-0.39, 0.29) is 32.7 Å². The minimum Gasteiger partial charge on any atom is -0.542 e.